The Bertz CT molecular complexity index is 231. The molecule has 0 amide bonds. The Morgan fingerprint density at radius 3 is 2.80 bits per heavy atom. The van der Waals surface area contributed by atoms with Crippen molar-refractivity contribution in [3.8, 4) is 0 Å². The van der Waals surface area contributed by atoms with Gasteiger partial charge in [-0.25, -0.2) is 0 Å². The van der Waals surface area contributed by atoms with Crippen LogP contribution in [0.5, 0.6) is 0 Å². The van der Waals surface area contributed by atoms with E-state index >= 15 is 0 Å². The Hall–Kier alpha value is -1.34. The van der Waals surface area contributed by atoms with Crippen LogP contribution in [0.25, 0.3) is 5.53 Å². The van der Waals surface area contributed by atoms with Gasteiger partial charge in [-0.3, -0.25) is 0 Å². The third-order valence-corrected chi connectivity index (χ3v) is 1.32. The number of rotatable bonds is 1. The van der Waals surface area contributed by atoms with E-state index in [9.17, 15) is 0 Å². The Balaban J connectivity index is 2.72. The van der Waals surface area contributed by atoms with E-state index in [1.807, 2.05) is 6.08 Å². The number of ether oxygens (including phenoxy) is 1. The number of allylic oxidation sites excluding steroid dienone is 3. The van der Waals surface area contributed by atoms with Gasteiger partial charge in [0.1, 0.15) is 5.76 Å². The first kappa shape index (κ1) is 6.78. The van der Waals surface area contributed by atoms with Gasteiger partial charge in [0, 0.05) is 6.08 Å². The first-order valence-electron chi connectivity index (χ1n) is 3.00. The first-order chi connectivity index (χ1) is 4.86. The highest BCUT2D eigenvalue weighted by Gasteiger charge is 2.06. The van der Waals surface area contributed by atoms with Crippen LogP contribution in [0.1, 0.15) is 6.42 Å². The number of methoxy groups -OCH3 is 1. The molecular weight excluding hydrogens is 128 g/mol. The van der Waals surface area contributed by atoms with Gasteiger partial charge in [0.15, 0.2) is 0 Å². The molecule has 1 aliphatic rings. The summed E-state index contributed by atoms with van der Waals surface area (Å²) in [5.74, 6) is 0.812. The smallest absolute Gasteiger partial charge is 0.296 e. The van der Waals surface area contributed by atoms with Crippen LogP contribution in [0.4, 0.5) is 0 Å². The van der Waals surface area contributed by atoms with Gasteiger partial charge in [0.2, 0.25) is 0 Å². The van der Waals surface area contributed by atoms with Gasteiger partial charge in [-0.15, -0.1) is 0 Å². The summed E-state index contributed by atoms with van der Waals surface area (Å²) >= 11 is 0. The van der Waals surface area contributed by atoms with Crippen molar-refractivity contribution in [2.24, 2.45) is 0 Å². The fourth-order valence-corrected chi connectivity index (χ4v) is 0.745. The minimum absolute atomic E-state index is 0.635. The quantitative estimate of drug-likeness (QED) is 0.394. The summed E-state index contributed by atoms with van der Waals surface area (Å²) in [6, 6.07) is 0. The van der Waals surface area contributed by atoms with Gasteiger partial charge in [-0.05, 0) is 12.2 Å². The molecule has 0 heterocycles. The average molecular weight is 136 g/mol. The summed E-state index contributed by atoms with van der Waals surface area (Å²) in [4.78, 5) is 3.05. The largest absolute Gasteiger partial charge is 0.497 e. The molecule has 0 aromatic rings. The number of hydrogen-bond acceptors (Lipinski definition) is 1. The van der Waals surface area contributed by atoms with E-state index in [2.05, 4.69) is 4.79 Å². The van der Waals surface area contributed by atoms with Gasteiger partial charge < -0.3 is 10.3 Å². The van der Waals surface area contributed by atoms with Gasteiger partial charge in [0.25, 0.3) is 5.71 Å². The van der Waals surface area contributed by atoms with Crippen LogP contribution in [0.3, 0.4) is 0 Å². The molecule has 0 saturated carbocycles. The van der Waals surface area contributed by atoms with Crippen molar-refractivity contribution in [1.29, 1.82) is 0 Å². The summed E-state index contributed by atoms with van der Waals surface area (Å²) in [7, 11) is 1.61. The molecule has 0 fully saturated rings. The lowest BCUT2D eigenvalue weighted by Crippen LogP contribution is -1.99. The monoisotopic (exact) mass is 136 g/mol. The van der Waals surface area contributed by atoms with Crippen LogP contribution >= 0.6 is 0 Å². The summed E-state index contributed by atoms with van der Waals surface area (Å²) in [6.45, 7) is 0. The normalized spacial score (nSPS) is 16.1. The molecule has 0 bridgehead atoms. The lowest BCUT2D eigenvalue weighted by atomic mass is 10.1. The van der Waals surface area contributed by atoms with Crippen LogP contribution in [0.2, 0.25) is 0 Å². The molecule has 0 unspecified atom stereocenters. The highest BCUT2D eigenvalue weighted by atomic mass is 16.5. The second-order valence-electron chi connectivity index (χ2n) is 1.94. The average Bonchev–Trinajstić information content (AvgIpc) is 2.05. The zero-order valence-electron chi connectivity index (χ0n) is 5.74. The second-order valence-corrected chi connectivity index (χ2v) is 1.94. The summed E-state index contributed by atoms with van der Waals surface area (Å²) in [5, 5.41) is 0. The summed E-state index contributed by atoms with van der Waals surface area (Å²) < 4.78 is 4.92. The van der Waals surface area contributed by atoms with E-state index in [0.29, 0.717) is 12.1 Å². The van der Waals surface area contributed by atoms with Gasteiger partial charge >= 0.3 is 0 Å². The number of hydrogen-bond donors (Lipinski definition) is 0. The molecule has 0 saturated heterocycles. The molecular formula is C7H8N2O. The molecule has 0 aromatic heterocycles. The standard InChI is InChI=1S/C7H8N2O/c1-10-7-4-2-6(9-8)3-5-7/h2,4-5H,3H2,1H3. The molecule has 0 atom stereocenters. The van der Waals surface area contributed by atoms with Crippen molar-refractivity contribution in [3.05, 3.63) is 29.5 Å². The highest BCUT2D eigenvalue weighted by molar-refractivity contribution is 5.92. The fraction of sp³-hybridized carbons (Fsp3) is 0.286. The molecule has 3 nitrogen and oxygen atoms in total. The summed E-state index contributed by atoms with van der Waals surface area (Å²) in [5.41, 5.74) is 8.97. The van der Waals surface area contributed by atoms with E-state index in [1.54, 1.807) is 19.3 Å². The van der Waals surface area contributed by atoms with Crippen molar-refractivity contribution in [2.45, 2.75) is 6.42 Å². The molecule has 0 aromatic carbocycles. The van der Waals surface area contributed by atoms with Gasteiger partial charge in [-0.1, -0.05) is 0 Å². The molecule has 0 radical (unpaired) electrons. The maximum Gasteiger partial charge on any atom is 0.296 e. The minimum atomic E-state index is 0.635. The van der Waals surface area contributed by atoms with Crippen molar-refractivity contribution in [2.75, 3.05) is 7.11 Å². The van der Waals surface area contributed by atoms with E-state index in [4.69, 9.17) is 10.3 Å². The van der Waals surface area contributed by atoms with E-state index in [0.717, 1.165) is 5.76 Å². The van der Waals surface area contributed by atoms with Crippen molar-refractivity contribution in [3.63, 3.8) is 0 Å². The molecule has 1 aliphatic carbocycles. The Morgan fingerprint density at radius 1 is 1.60 bits per heavy atom. The van der Waals surface area contributed by atoms with E-state index < -0.39 is 0 Å². The first-order valence-corrected chi connectivity index (χ1v) is 3.00. The second kappa shape index (κ2) is 2.99. The Kier molecular flexibility index (Phi) is 2.03. The molecule has 0 aliphatic heterocycles. The molecule has 10 heavy (non-hydrogen) atoms. The predicted molar refractivity (Wildman–Crippen MR) is 37.5 cm³/mol. The van der Waals surface area contributed by atoms with Crippen LogP contribution in [0.15, 0.2) is 24.0 Å². The molecule has 0 spiro atoms. The zero-order chi connectivity index (χ0) is 7.40. The third kappa shape index (κ3) is 1.33. The zero-order valence-corrected chi connectivity index (χ0v) is 5.74. The molecule has 1 rings (SSSR count). The van der Waals surface area contributed by atoms with Crippen molar-refractivity contribution in [1.82, 2.24) is 0 Å². The summed E-state index contributed by atoms with van der Waals surface area (Å²) in [6.07, 6.45) is 5.97. The lowest BCUT2D eigenvalue weighted by molar-refractivity contribution is -0.00553. The number of nitrogens with zero attached hydrogens (tertiary/aromatic N) is 2. The van der Waals surface area contributed by atoms with E-state index in [1.165, 1.54) is 0 Å². The van der Waals surface area contributed by atoms with Crippen molar-refractivity contribution >= 4 is 5.71 Å². The molecule has 3 heteroatoms. The Labute approximate surface area is 59.2 Å². The fourth-order valence-electron chi connectivity index (χ4n) is 0.745. The van der Waals surface area contributed by atoms with Gasteiger partial charge in [0.05, 0.1) is 13.5 Å². The van der Waals surface area contributed by atoms with Crippen LogP contribution < -0.4 is 0 Å². The van der Waals surface area contributed by atoms with Crippen LogP contribution in [-0.2, 0) is 4.74 Å². The van der Waals surface area contributed by atoms with E-state index in [-0.39, 0.29) is 0 Å². The minimum Gasteiger partial charge on any atom is -0.497 e. The Morgan fingerprint density at radius 2 is 2.40 bits per heavy atom. The highest BCUT2D eigenvalue weighted by Crippen LogP contribution is 2.06. The lowest BCUT2D eigenvalue weighted by Gasteiger charge is -2.00. The van der Waals surface area contributed by atoms with Gasteiger partial charge in [-0.2, -0.15) is 4.79 Å². The van der Waals surface area contributed by atoms with Crippen LogP contribution in [0, 0.1) is 0 Å². The molecule has 52 valence electrons. The topological polar surface area (TPSA) is 45.6 Å². The van der Waals surface area contributed by atoms with Crippen molar-refractivity contribution < 1.29 is 9.53 Å². The maximum atomic E-state index is 8.32. The molecule has 0 N–H and O–H groups in total. The SMILES string of the molecule is COC1=CCC(=[N+]=[N-])C=C1. The van der Waals surface area contributed by atoms with Crippen LogP contribution in [-0.4, -0.2) is 17.6 Å². The predicted octanol–water partition coefficient (Wildman–Crippen LogP) is 1.15. The maximum absolute atomic E-state index is 8.32. The third-order valence-electron chi connectivity index (χ3n) is 1.32.